The molecule has 0 radical (unpaired) electrons. The Bertz CT molecular complexity index is 426. The van der Waals surface area contributed by atoms with Gasteiger partial charge in [-0.25, -0.2) is 0 Å². The van der Waals surface area contributed by atoms with Gasteiger partial charge in [0.05, 0.1) is 0 Å². The van der Waals surface area contributed by atoms with Crippen molar-refractivity contribution in [1.82, 2.24) is 0 Å². The fraction of sp³-hybridized carbons (Fsp3) is 0.750. The molecule has 0 amide bonds. The molecule has 0 N–H and O–H groups in total. The molecule has 0 saturated heterocycles. The van der Waals surface area contributed by atoms with Crippen LogP contribution in [0.4, 0.5) is 0 Å². The molecule has 0 aromatic heterocycles. The Morgan fingerprint density at radius 2 is 1.08 bits per heavy atom. The second-order valence-electron chi connectivity index (χ2n) is 7.45. The lowest BCUT2D eigenvalue weighted by molar-refractivity contribution is 0.459. The van der Waals surface area contributed by atoms with E-state index in [0.29, 0.717) is 0 Å². The first-order valence-electron chi connectivity index (χ1n) is 10.8. The molecule has 24 heavy (non-hydrogen) atoms. The highest BCUT2D eigenvalue weighted by atomic mass is 14.5. The molecule has 0 unspecified atom stereocenters. The Morgan fingerprint density at radius 1 is 0.625 bits per heavy atom. The Labute approximate surface area is 152 Å². The lowest BCUT2D eigenvalue weighted by Crippen LogP contribution is -2.22. The lowest BCUT2D eigenvalue weighted by atomic mass is 9.69. The molecule has 0 aliphatic heterocycles. The van der Waals surface area contributed by atoms with E-state index in [0.717, 1.165) is 6.42 Å². The van der Waals surface area contributed by atoms with Crippen molar-refractivity contribution in [1.29, 1.82) is 0 Å². The second-order valence-corrected chi connectivity index (χ2v) is 7.45. The van der Waals surface area contributed by atoms with Crippen molar-refractivity contribution < 1.29 is 0 Å². The summed E-state index contributed by atoms with van der Waals surface area (Å²) in [4.78, 5) is 0. The van der Waals surface area contributed by atoms with Gasteiger partial charge in [0.2, 0.25) is 0 Å². The zero-order chi connectivity index (χ0) is 18.0. The largest absolute Gasteiger partial charge is 0.0876 e. The maximum Gasteiger partial charge on any atom is 0.0312 e. The van der Waals surface area contributed by atoms with Crippen molar-refractivity contribution in [3.05, 3.63) is 34.4 Å². The van der Waals surface area contributed by atoms with Gasteiger partial charge >= 0.3 is 0 Å². The molecule has 0 bridgehead atoms. The topological polar surface area (TPSA) is 0 Å². The van der Waals surface area contributed by atoms with E-state index in [9.17, 15) is 0 Å². The zero-order valence-corrected chi connectivity index (χ0v) is 17.4. The van der Waals surface area contributed by atoms with Crippen LogP contribution in [0.2, 0.25) is 0 Å². The molecule has 0 nitrogen and oxygen atoms in total. The van der Waals surface area contributed by atoms with Crippen molar-refractivity contribution in [2.45, 2.75) is 112 Å². The van der Waals surface area contributed by atoms with E-state index >= 15 is 0 Å². The zero-order valence-electron chi connectivity index (χ0n) is 17.4. The van der Waals surface area contributed by atoms with Crippen LogP contribution in [0.5, 0.6) is 0 Å². The number of hydrogen-bond acceptors (Lipinski definition) is 0. The Hall–Kier alpha value is -0.780. The first kappa shape index (κ1) is 21.3. The maximum atomic E-state index is 2.62. The van der Waals surface area contributed by atoms with E-state index in [4.69, 9.17) is 0 Å². The Kier molecular flexibility index (Phi) is 9.71. The predicted octanol–water partition coefficient (Wildman–Crippen LogP) is 8.55. The maximum absolute atomic E-state index is 2.62. The van der Waals surface area contributed by atoms with Gasteiger partial charge < -0.3 is 0 Å². The standard InChI is InChI=1S/C24H42/c1-7-13-19-24(18-12-6)22(16-10-4)20(14-8-2)21(15-9-3)23(24)17-11-5/h13,19H,7-12,14-18H2,1-6H3/b19-13+. The van der Waals surface area contributed by atoms with Crippen LogP contribution in [-0.2, 0) is 0 Å². The van der Waals surface area contributed by atoms with Crippen LogP contribution in [0.25, 0.3) is 0 Å². The minimum absolute atomic E-state index is 0.256. The molecule has 0 heterocycles. The van der Waals surface area contributed by atoms with E-state index in [1.807, 2.05) is 0 Å². The van der Waals surface area contributed by atoms with Gasteiger partial charge in [0.25, 0.3) is 0 Å². The Balaban J connectivity index is 3.62. The van der Waals surface area contributed by atoms with Crippen molar-refractivity contribution in [2.75, 3.05) is 0 Å². The third kappa shape index (κ3) is 4.44. The fourth-order valence-corrected chi connectivity index (χ4v) is 4.74. The van der Waals surface area contributed by atoms with E-state index < -0.39 is 0 Å². The van der Waals surface area contributed by atoms with E-state index in [-0.39, 0.29) is 5.41 Å². The van der Waals surface area contributed by atoms with Crippen LogP contribution in [0.1, 0.15) is 112 Å². The molecule has 1 aliphatic carbocycles. The van der Waals surface area contributed by atoms with Gasteiger partial charge in [0, 0.05) is 5.41 Å². The molecule has 0 atom stereocenters. The summed E-state index contributed by atoms with van der Waals surface area (Å²) in [7, 11) is 0. The molecular formula is C24H42. The molecule has 1 aliphatic rings. The Morgan fingerprint density at radius 3 is 1.42 bits per heavy atom. The predicted molar refractivity (Wildman–Crippen MR) is 110 cm³/mol. The number of hydrogen-bond donors (Lipinski definition) is 0. The van der Waals surface area contributed by atoms with Crippen LogP contribution >= 0.6 is 0 Å². The van der Waals surface area contributed by atoms with Crippen molar-refractivity contribution in [3.63, 3.8) is 0 Å². The second kappa shape index (κ2) is 11.0. The molecule has 0 aromatic rings. The van der Waals surface area contributed by atoms with E-state index in [2.05, 4.69) is 53.7 Å². The molecule has 0 saturated carbocycles. The highest BCUT2D eigenvalue weighted by molar-refractivity contribution is 5.56. The van der Waals surface area contributed by atoms with Crippen molar-refractivity contribution in [3.8, 4) is 0 Å². The monoisotopic (exact) mass is 330 g/mol. The van der Waals surface area contributed by atoms with Crippen LogP contribution in [-0.4, -0.2) is 0 Å². The summed E-state index contributed by atoms with van der Waals surface area (Å²) in [6.45, 7) is 14.0. The van der Waals surface area contributed by atoms with Gasteiger partial charge in [0.1, 0.15) is 0 Å². The van der Waals surface area contributed by atoms with Crippen LogP contribution < -0.4 is 0 Å². The van der Waals surface area contributed by atoms with Crippen molar-refractivity contribution >= 4 is 0 Å². The van der Waals surface area contributed by atoms with Gasteiger partial charge in [-0.3, -0.25) is 0 Å². The fourth-order valence-electron chi connectivity index (χ4n) is 4.74. The number of rotatable bonds is 12. The van der Waals surface area contributed by atoms with E-state index in [1.165, 1.54) is 64.2 Å². The number of allylic oxidation sites excluding steroid dienone is 6. The summed E-state index contributed by atoms with van der Waals surface area (Å²) in [5.74, 6) is 0. The normalized spacial score (nSPS) is 17.6. The third-order valence-corrected chi connectivity index (χ3v) is 5.45. The molecule has 0 spiro atoms. The third-order valence-electron chi connectivity index (χ3n) is 5.45. The van der Waals surface area contributed by atoms with Gasteiger partial charge in [-0.2, -0.15) is 0 Å². The molecule has 138 valence electrons. The van der Waals surface area contributed by atoms with Crippen LogP contribution in [0.3, 0.4) is 0 Å². The van der Waals surface area contributed by atoms with Gasteiger partial charge in [-0.1, -0.05) is 96.9 Å². The average molecular weight is 331 g/mol. The van der Waals surface area contributed by atoms with Gasteiger partial charge in [-0.15, -0.1) is 0 Å². The van der Waals surface area contributed by atoms with Gasteiger partial charge in [-0.05, 0) is 49.7 Å². The summed E-state index contributed by atoms with van der Waals surface area (Å²) in [6.07, 6.45) is 19.0. The first-order valence-corrected chi connectivity index (χ1v) is 10.8. The first-order chi connectivity index (χ1) is 11.7. The molecule has 0 aromatic carbocycles. The van der Waals surface area contributed by atoms with E-state index in [1.54, 1.807) is 22.3 Å². The quantitative estimate of drug-likeness (QED) is 0.314. The smallest absolute Gasteiger partial charge is 0.0312 e. The molecular weight excluding hydrogens is 288 g/mol. The van der Waals surface area contributed by atoms with Crippen molar-refractivity contribution in [2.24, 2.45) is 5.41 Å². The average Bonchev–Trinajstić information content (AvgIpc) is 2.79. The summed E-state index contributed by atoms with van der Waals surface area (Å²) < 4.78 is 0. The highest BCUT2D eigenvalue weighted by Gasteiger charge is 2.42. The van der Waals surface area contributed by atoms with Crippen LogP contribution in [0, 0.1) is 5.41 Å². The van der Waals surface area contributed by atoms with Crippen LogP contribution in [0.15, 0.2) is 34.4 Å². The summed E-state index contributed by atoms with van der Waals surface area (Å²) in [5, 5.41) is 0. The highest BCUT2D eigenvalue weighted by Crippen LogP contribution is 2.56. The molecule has 1 rings (SSSR count). The molecule has 0 fully saturated rings. The minimum Gasteiger partial charge on any atom is -0.0876 e. The summed E-state index contributed by atoms with van der Waals surface area (Å²) >= 11 is 0. The SMILES string of the molecule is CC/C=C/C1(CCC)C(CCC)=C(CCC)C(CCC)=C1CCC. The molecule has 0 heteroatoms. The van der Waals surface area contributed by atoms with Gasteiger partial charge in [0.15, 0.2) is 0 Å². The summed E-state index contributed by atoms with van der Waals surface area (Å²) in [6, 6.07) is 0. The minimum atomic E-state index is 0.256. The lowest BCUT2D eigenvalue weighted by Gasteiger charge is -2.34. The summed E-state index contributed by atoms with van der Waals surface area (Å²) in [5.41, 5.74) is 7.37.